The molecule has 1 rings (SSSR count). The minimum Gasteiger partial charge on any atom is -0.494 e. The molecule has 1 atom stereocenters. The van der Waals surface area contributed by atoms with Crippen LogP contribution in [0.25, 0.3) is 0 Å². The van der Waals surface area contributed by atoms with Crippen LogP contribution in [0.5, 0.6) is 5.75 Å². The molecule has 0 amide bonds. The van der Waals surface area contributed by atoms with Crippen molar-refractivity contribution in [3.63, 3.8) is 0 Å². The zero-order valence-electron chi connectivity index (χ0n) is 15.8. The number of aliphatic hydroxyl groups is 1. The second-order valence-corrected chi connectivity index (χ2v) is 6.54. The Hall–Kier alpha value is -1.88. The lowest BCUT2D eigenvalue weighted by molar-refractivity contribution is -0.146. The summed E-state index contributed by atoms with van der Waals surface area (Å²) in [6, 6.07) is 7.01. The molecule has 146 valence electrons. The maximum Gasteiger partial charge on any atom is 0.305 e. The van der Waals surface area contributed by atoms with Crippen molar-refractivity contribution in [2.45, 2.75) is 70.8 Å². The third-order valence-electron chi connectivity index (χ3n) is 4.12. The van der Waals surface area contributed by atoms with Crippen LogP contribution < -0.4 is 4.74 Å². The van der Waals surface area contributed by atoms with Crippen molar-refractivity contribution in [1.29, 1.82) is 0 Å². The second kappa shape index (κ2) is 14.3. The number of unbranched alkanes of at least 4 members (excludes halogenated alkanes) is 5. The van der Waals surface area contributed by atoms with Gasteiger partial charge in [-0.1, -0.05) is 44.7 Å². The van der Waals surface area contributed by atoms with Gasteiger partial charge in [-0.05, 0) is 37.8 Å². The second-order valence-electron chi connectivity index (χ2n) is 6.54. The van der Waals surface area contributed by atoms with Crippen LogP contribution in [-0.4, -0.2) is 36.7 Å². The minimum atomic E-state index is -0.627. The third-order valence-corrected chi connectivity index (χ3v) is 4.12. The molecular formula is C21H32O5. The van der Waals surface area contributed by atoms with Gasteiger partial charge in [0.1, 0.15) is 18.6 Å². The van der Waals surface area contributed by atoms with E-state index in [0.717, 1.165) is 38.4 Å². The van der Waals surface area contributed by atoms with Gasteiger partial charge in [0.25, 0.3) is 0 Å². The number of benzene rings is 1. The first kappa shape index (κ1) is 22.2. The third kappa shape index (κ3) is 10.9. The Bertz CT molecular complexity index is 515. The van der Waals surface area contributed by atoms with Crippen molar-refractivity contribution >= 4 is 12.3 Å². The summed E-state index contributed by atoms with van der Waals surface area (Å²) in [4.78, 5) is 22.3. The molecule has 0 fully saturated rings. The van der Waals surface area contributed by atoms with E-state index in [2.05, 4.69) is 6.92 Å². The lowest BCUT2D eigenvalue weighted by Gasteiger charge is -2.12. The van der Waals surface area contributed by atoms with E-state index in [4.69, 9.17) is 9.47 Å². The maximum absolute atomic E-state index is 11.6. The first-order valence-electron chi connectivity index (χ1n) is 9.67. The summed E-state index contributed by atoms with van der Waals surface area (Å²) in [5, 5.41) is 9.87. The molecule has 0 bridgehead atoms. The molecule has 5 nitrogen and oxygen atoms in total. The number of rotatable bonds is 15. The molecule has 0 radical (unpaired) electrons. The summed E-state index contributed by atoms with van der Waals surface area (Å²) in [6.07, 6.45) is 8.20. The van der Waals surface area contributed by atoms with Gasteiger partial charge in [-0.25, -0.2) is 0 Å². The quantitative estimate of drug-likeness (QED) is 0.285. The van der Waals surface area contributed by atoms with Gasteiger partial charge in [0, 0.05) is 12.0 Å². The summed E-state index contributed by atoms with van der Waals surface area (Å²) >= 11 is 0. The van der Waals surface area contributed by atoms with Crippen molar-refractivity contribution in [3.8, 4) is 5.75 Å². The van der Waals surface area contributed by atoms with Crippen molar-refractivity contribution < 1.29 is 24.2 Å². The molecule has 5 heteroatoms. The molecule has 1 aromatic rings. The molecule has 0 aliphatic carbocycles. The average molecular weight is 364 g/mol. The normalized spacial score (nSPS) is 11.8. The molecule has 26 heavy (non-hydrogen) atoms. The number of hydrogen-bond acceptors (Lipinski definition) is 5. The van der Waals surface area contributed by atoms with Gasteiger partial charge in [0.15, 0.2) is 0 Å². The monoisotopic (exact) mass is 364 g/mol. The van der Waals surface area contributed by atoms with Crippen LogP contribution in [0.3, 0.4) is 0 Å². The zero-order valence-corrected chi connectivity index (χ0v) is 15.8. The van der Waals surface area contributed by atoms with Gasteiger partial charge in [-0.3, -0.25) is 9.59 Å². The molecule has 0 aliphatic heterocycles. The van der Waals surface area contributed by atoms with Gasteiger partial charge >= 0.3 is 5.97 Å². The van der Waals surface area contributed by atoms with Crippen molar-refractivity contribution in [2.24, 2.45) is 0 Å². The molecular weight excluding hydrogens is 332 g/mol. The van der Waals surface area contributed by atoms with Crippen LogP contribution >= 0.6 is 0 Å². The van der Waals surface area contributed by atoms with Crippen LogP contribution in [0.1, 0.15) is 75.1 Å². The van der Waals surface area contributed by atoms with E-state index in [-0.39, 0.29) is 12.6 Å². The first-order chi connectivity index (χ1) is 12.7. The molecule has 1 aromatic carbocycles. The molecule has 0 aliphatic rings. The maximum atomic E-state index is 11.6. The van der Waals surface area contributed by atoms with E-state index in [9.17, 15) is 14.7 Å². The number of aliphatic hydroxyl groups excluding tert-OH is 1. The van der Waals surface area contributed by atoms with Crippen molar-refractivity contribution in [1.82, 2.24) is 0 Å². The van der Waals surface area contributed by atoms with E-state index in [1.54, 1.807) is 18.2 Å². The summed E-state index contributed by atoms with van der Waals surface area (Å²) in [5.74, 6) is 0.446. The fourth-order valence-corrected chi connectivity index (χ4v) is 2.57. The summed E-state index contributed by atoms with van der Waals surface area (Å²) in [7, 11) is 0. The van der Waals surface area contributed by atoms with Crippen LogP contribution in [0, 0.1) is 0 Å². The average Bonchev–Trinajstić information content (AvgIpc) is 2.66. The van der Waals surface area contributed by atoms with Gasteiger partial charge in [0.2, 0.25) is 0 Å². The number of carbonyl (C=O) groups is 2. The molecule has 0 unspecified atom stereocenters. The Labute approximate surface area is 156 Å². The van der Waals surface area contributed by atoms with E-state index >= 15 is 0 Å². The Morgan fingerprint density at radius 1 is 1.15 bits per heavy atom. The summed E-state index contributed by atoms with van der Waals surface area (Å²) in [6.45, 7) is 2.75. The predicted octanol–water partition coefficient (Wildman–Crippen LogP) is 4.31. The Morgan fingerprint density at radius 3 is 2.73 bits per heavy atom. The van der Waals surface area contributed by atoms with E-state index < -0.39 is 6.10 Å². The lowest BCUT2D eigenvalue weighted by atomic mass is 10.1. The topological polar surface area (TPSA) is 72.8 Å². The number of aldehydes is 1. The molecule has 0 heterocycles. The molecule has 0 spiro atoms. The Morgan fingerprint density at radius 2 is 1.96 bits per heavy atom. The van der Waals surface area contributed by atoms with Gasteiger partial charge in [-0.15, -0.1) is 0 Å². The van der Waals surface area contributed by atoms with Crippen LogP contribution in [-0.2, 0) is 9.53 Å². The Kier molecular flexibility index (Phi) is 12.2. The fourth-order valence-electron chi connectivity index (χ4n) is 2.57. The highest BCUT2D eigenvalue weighted by atomic mass is 16.5. The fraction of sp³-hybridized carbons (Fsp3) is 0.619. The van der Waals surface area contributed by atoms with Gasteiger partial charge in [-0.2, -0.15) is 0 Å². The number of esters is 1. The van der Waals surface area contributed by atoms with E-state index in [1.807, 2.05) is 6.07 Å². The summed E-state index contributed by atoms with van der Waals surface area (Å²) < 4.78 is 10.7. The molecule has 0 aromatic heterocycles. The predicted molar refractivity (Wildman–Crippen MR) is 102 cm³/mol. The van der Waals surface area contributed by atoms with Crippen LogP contribution in [0.4, 0.5) is 0 Å². The highest BCUT2D eigenvalue weighted by Crippen LogP contribution is 2.13. The lowest BCUT2D eigenvalue weighted by Crippen LogP contribution is -2.18. The molecule has 0 saturated heterocycles. The van der Waals surface area contributed by atoms with E-state index in [1.165, 1.54) is 12.8 Å². The SMILES string of the molecule is CCCCCCCC(=O)OC[C@@H](O)CCCCOc1cccc(C=O)c1. The van der Waals surface area contributed by atoms with Crippen LogP contribution in [0.2, 0.25) is 0 Å². The number of carbonyl (C=O) groups excluding carboxylic acids is 2. The minimum absolute atomic E-state index is 0.0655. The van der Waals surface area contributed by atoms with Gasteiger partial charge in [0.05, 0.1) is 12.7 Å². The van der Waals surface area contributed by atoms with Crippen LogP contribution in [0.15, 0.2) is 24.3 Å². The molecule has 0 saturated carbocycles. The number of hydrogen-bond donors (Lipinski definition) is 1. The van der Waals surface area contributed by atoms with Gasteiger partial charge < -0.3 is 14.6 Å². The van der Waals surface area contributed by atoms with Crippen molar-refractivity contribution in [2.75, 3.05) is 13.2 Å². The smallest absolute Gasteiger partial charge is 0.305 e. The summed E-state index contributed by atoms with van der Waals surface area (Å²) in [5.41, 5.74) is 0.588. The largest absolute Gasteiger partial charge is 0.494 e. The highest BCUT2D eigenvalue weighted by molar-refractivity contribution is 5.75. The Balaban J connectivity index is 2.01. The standard InChI is InChI=1S/C21H32O5/c1-2-3-4-5-6-13-21(24)26-17-19(23)11-7-8-14-25-20-12-9-10-18(15-20)16-22/h9-10,12,15-16,19,23H,2-8,11,13-14,17H2,1H3/t19-/m0/s1. The molecule has 1 N–H and O–H groups in total. The highest BCUT2D eigenvalue weighted by Gasteiger charge is 2.09. The first-order valence-corrected chi connectivity index (χ1v) is 9.67. The van der Waals surface area contributed by atoms with Crippen molar-refractivity contribution in [3.05, 3.63) is 29.8 Å². The zero-order chi connectivity index (χ0) is 19.0. The van der Waals surface area contributed by atoms with E-state index in [0.29, 0.717) is 30.8 Å². The number of ether oxygens (including phenoxy) is 2.